The lowest BCUT2D eigenvalue weighted by atomic mass is 10.1. The molecule has 1 nitrogen and oxygen atoms in total. The van der Waals surface area contributed by atoms with E-state index in [1.807, 2.05) is 0 Å². The Morgan fingerprint density at radius 1 is 1.44 bits per heavy atom. The number of rotatable bonds is 5. The molecule has 0 saturated carbocycles. The molecule has 0 heterocycles. The summed E-state index contributed by atoms with van der Waals surface area (Å²) in [7, 11) is 0. The van der Waals surface area contributed by atoms with Crippen LogP contribution >= 0.6 is 15.9 Å². The lowest BCUT2D eigenvalue weighted by Gasteiger charge is -2.05. The van der Waals surface area contributed by atoms with Crippen molar-refractivity contribution < 1.29 is 5.11 Å². The van der Waals surface area contributed by atoms with Crippen molar-refractivity contribution in [3.63, 3.8) is 0 Å². The molecule has 0 aliphatic heterocycles. The van der Waals surface area contributed by atoms with Gasteiger partial charge in [0.2, 0.25) is 0 Å². The fourth-order valence-electron chi connectivity index (χ4n) is 0.790. The maximum Gasteiger partial charge on any atom is 0.0540 e. The molecule has 56 valence electrons. The Morgan fingerprint density at radius 3 is 2.56 bits per heavy atom. The molecule has 0 rings (SSSR count). The van der Waals surface area contributed by atoms with Crippen LogP contribution in [0.5, 0.6) is 0 Å². The van der Waals surface area contributed by atoms with Crippen LogP contribution in [0.25, 0.3) is 0 Å². The number of hydrogen-bond acceptors (Lipinski definition) is 1. The van der Waals surface area contributed by atoms with Crippen LogP contribution in [0.15, 0.2) is 0 Å². The van der Waals surface area contributed by atoms with E-state index in [4.69, 9.17) is 5.11 Å². The average Bonchev–Trinajstić information content (AvgIpc) is 1.85. The maximum absolute atomic E-state index is 9.16. The van der Waals surface area contributed by atoms with Gasteiger partial charge in [-0.3, -0.25) is 0 Å². The predicted molar refractivity (Wildman–Crippen MR) is 43.9 cm³/mol. The molecule has 0 aromatic carbocycles. The van der Waals surface area contributed by atoms with E-state index in [1.165, 1.54) is 0 Å². The van der Waals surface area contributed by atoms with Gasteiger partial charge in [-0.1, -0.05) is 29.3 Å². The molecule has 0 amide bonds. The normalized spacial score (nSPS) is 13.7. The molecular weight excluding hydrogens is 180 g/mol. The zero-order chi connectivity index (χ0) is 7.11. The Labute approximate surface area is 65.6 Å². The van der Waals surface area contributed by atoms with Crippen LogP contribution in [0, 0.1) is 0 Å². The van der Waals surface area contributed by atoms with Crippen LogP contribution < -0.4 is 0 Å². The molecule has 0 aliphatic rings. The van der Waals surface area contributed by atoms with Crippen molar-refractivity contribution in [3.8, 4) is 0 Å². The Morgan fingerprint density at radius 2 is 2.11 bits per heavy atom. The van der Waals surface area contributed by atoms with Gasteiger partial charge in [0.15, 0.2) is 0 Å². The predicted octanol–water partition coefficient (Wildman–Crippen LogP) is 2.32. The van der Waals surface area contributed by atoms with Gasteiger partial charge in [0.05, 0.1) is 6.10 Å². The summed E-state index contributed by atoms with van der Waals surface area (Å²) in [6, 6.07) is 0. The molecule has 0 spiro atoms. The summed E-state index contributed by atoms with van der Waals surface area (Å²) in [4.78, 5) is 0. The van der Waals surface area contributed by atoms with E-state index in [2.05, 4.69) is 22.9 Å². The molecule has 0 aromatic heterocycles. The Bertz CT molecular complexity index is 56.9. The Kier molecular flexibility index (Phi) is 6.88. The summed E-state index contributed by atoms with van der Waals surface area (Å²) in [5.41, 5.74) is 0. The highest BCUT2D eigenvalue weighted by molar-refractivity contribution is 9.09. The van der Waals surface area contributed by atoms with Crippen LogP contribution in [-0.4, -0.2) is 16.5 Å². The summed E-state index contributed by atoms with van der Waals surface area (Å²) in [6.07, 6.45) is 4.00. The van der Waals surface area contributed by atoms with Gasteiger partial charge in [-0.2, -0.15) is 0 Å². The molecule has 1 unspecified atom stereocenters. The molecule has 1 N–H and O–H groups in total. The molecule has 0 saturated heterocycles. The lowest BCUT2D eigenvalue weighted by molar-refractivity contribution is 0.153. The smallest absolute Gasteiger partial charge is 0.0540 e. The van der Waals surface area contributed by atoms with E-state index >= 15 is 0 Å². The van der Waals surface area contributed by atoms with E-state index in [0.717, 1.165) is 31.0 Å². The maximum atomic E-state index is 9.16. The van der Waals surface area contributed by atoms with Gasteiger partial charge < -0.3 is 5.11 Å². The molecule has 0 fully saturated rings. The number of alkyl halides is 1. The topological polar surface area (TPSA) is 20.2 Å². The van der Waals surface area contributed by atoms with E-state index in [0.29, 0.717) is 0 Å². The van der Waals surface area contributed by atoms with Gasteiger partial charge >= 0.3 is 0 Å². The standard InChI is InChI=1S/C7H15BrO/c1-2-4-7(9)5-3-6-8/h7,9H,2-6H2,1H3. The van der Waals surface area contributed by atoms with Crippen molar-refractivity contribution in [2.24, 2.45) is 0 Å². The zero-order valence-corrected chi connectivity index (χ0v) is 7.52. The van der Waals surface area contributed by atoms with E-state index in [9.17, 15) is 0 Å². The van der Waals surface area contributed by atoms with Crippen molar-refractivity contribution >= 4 is 15.9 Å². The molecule has 2 heteroatoms. The summed E-state index contributed by atoms with van der Waals surface area (Å²) >= 11 is 3.32. The quantitative estimate of drug-likeness (QED) is 0.667. The number of aliphatic hydroxyl groups is 1. The van der Waals surface area contributed by atoms with Gasteiger partial charge in [-0.05, 0) is 19.3 Å². The van der Waals surface area contributed by atoms with Gasteiger partial charge in [0.1, 0.15) is 0 Å². The zero-order valence-electron chi connectivity index (χ0n) is 5.94. The van der Waals surface area contributed by atoms with Gasteiger partial charge in [-0.25, -0.2) is 0 Å². The first kappa shape index (κ1) is 9.44. The molecule has 1 atom stereocenters. The second-order valence-electron chi connectivity index (χ2n) is 2.27. The highest BCUT2D eigenvalue weighted by Crippen LogP contribution is 2.04. The molecule has 0 aromatic rings. The molecule has 9 heavy (non-hydrogen) atoms. The molecule has 0 radical (unpaired) electrons. The van der Waals surface area contributed by atoms with E-state index in [1.54, 1.807) is 0 Å². The fourth-order valence-corrected chi connectivity index (χ4v) is 1.11. The highest BCUT2D eigenvalue weighted by Gasteiger charge is 1.99. The number of aliphatic hydroxyl groups excluding tert-OH is 1. The van der Waals surface area contributed by atoms with Crippen molar-refractivity contribution in [1.29, 1.82) is 0 Å². The van der Waals surface area contributed by atoms with Crippen LogP contribution in [0.1, 0.15) is 32.6 Å². The number of hydrogen-bond donors (Lipinski definition) is 1. The van der Waals surface area contributed by atoms with Crippen LogP contribution in [-0.2, 0) is 0 Å². The van der Waals surface area contributed by atoms with Crippen LogP contribution in [0.3, 0.4) is 0 Å². The summed E-state index contributed by atoms with van der Waals surface area (Å²) in [6.45, 7) is 2.09. The second-order valence-corrected chi connectivity index (χ2v) is 3.07. The lowest BCUT2D eigenvalue weighted by Crippen LogP contribution is -2.05. The van der Waals surface area contributed by atoms with Crippen molar-refractivity contribution in [2.45, 2.75) is 38.7 Å². The minimum atomic E-state index is -0.0625. The SMILES string of the molecule is CCCC(O)CCCBr. The Balaban J connectivity index is 2.95. The second kappa shape index (κ2) is 6.56. The first-order valence-electron chi connectivity index (χ1n) is 3.55. The third-order valence-corrected chi connectivity index (χ3v) is 1.85. The molecule has 0 bridgehead atoms. The van der Waals surface area contributed by atoms with E-state index < -0.39 is 0 Å². The monoisotopic (exact) mass is 194 g/mol. The average molecular weight is 195 g/mol. The van der Waals surface area contributed by atoms with Crippen molar-refractivity contribution in [3.05, 3.63) is 0 Å². The summed E-state index contributed by atoms with van der Waals surface area (Å²) in [5.74, 6) is 0. The van der Waals surface area contributed by atoms with Crippen molar-refractivity contribution in [2.75, 3.05) is 5.33 Å². The largest absolute Gasteiger partial charge is 0.393 e. The van der Waals surface area contributed by atoms with Crippen LogP contribution in [0.2, 0.25) is 0 Å². The highest BCUT2D eigenvalue weighted by atomic mass is 79.9. The molecule has 0 aliphatic carbocycles. The molecular formula is C7H15BrO. The van der Waals surface area contributed by atoms with Gasteiger partial charge in [0.25, 0.3) is 0 Å². The van der Waals surface area contributed by atoms with E-state index in [-0.39, 0.29) is 6.10 Å². The van der Waals surface area contributed by atoms with Crippen molar-refractivity contribution in [1.82, 2.24) is 0 Å². The third kappa shape index (κ3) is 6.32. The fraction of sp³-hybridized carbons (Fsp3) is 1.00. The summed E-state index contributed by atoms with van der Waals surface area (Å²) < 4.78 is 0. The Hall–Kier alpha value is 0.440. The first-order valence-corrected chi connectivity index (χ1v) is 4.67. The first-order chi connectivity index (χ1) is 4.31. The minimum Gasteiger partial charge on any atom is -0.393 e. The van der Waals surface area contributed by atoms with Gasteiger partial charge in [-0.15, -0.1) is 0 Å². The summed E-state index contributed by atoms with van der Waals surface area (Å²) in [5, 5.41) is 10.2. The minimum absolute atomic E-state index is 0.0625. The van der Waals surface area contributed by atoms with Crippen LogP contribution in [0.4, 0.5) is 0 Å². The van der Waals surface area contributed by atoms with Gasteiger partial charge in [0, 0.05) is 5.33 Å². The third-order valence-electron chi connectivity index (χ3n) is 1.29. The number of halogens is 1.